The van der Waals surface area contributed by atoms with Crippen molar-refractivity contribution in [3.05, 3.63) is 29.8 Å². The molecule has 0 spiro atoms. The molecule has 0 saturated carbocycles. The van der Waals surface area contributed by atoms with Gasteiger partial charge in [-0.05, 0) is 39.8 Å². The summed E-state index contributed by atoms with van der Waals surface area (Å²) in [6.07, 6.45) is 0. The topological polar surface area (TPSA) is 66.8 Å². The maximum Gasteiger partial charge on any atom is 0.335 e. The molecule has 0 aromatic heterocycles. The van der Waals surface area contributed by atoms with Gasteiger partial charge in [0.05, 0.1) is 16.8 Å². The van der Waals surface area contributed by atoms with Crippen LogP contribution in [0.4, 0.5) is 0 Å². The van der Waals surface area contributed by atoms with E-state index in [1.807, 2.05) is 13.8 Å². The van der Waals surface area contributed by atoms with E-state index in [9.17, 15) is 9.90 Å². The number of hydrogen-bond donors (Lipinski definition) is 2. The Labute approximate surface area is 108 Å². The smallest absolute Gasteiger partial charge is 0.335 e. The highest BCUT2D eigenvalue weighted by Gasteiger charge is 2.35. The molecule has 0 heterocycles. The fourth-order valence-corrected chi connectivity index (χ4v) is 1.18. The molecular weight excluding hydrogens is 231 g/mol. The number of benzene rings is 1. The van der Waals surface area contributed by atoms with Crippen molar-refractivity contribution in [1.29, 1.82) is 0 Å². The molecule has 4 nitrogen and oxygen atoms in total. The zero-order valence-electron chi connectivity index (χ0n) is 11.2. The summed E-state index contributed by atoms with van der Waals surface area (Å²) in [5, 5.41) is 18.7. The van der Waals surface area contributed by atoms with Crippen LogP contribution in [0.2, 0.25) is 0 Å². The van der Waals surface area contributed by atoms with Crippen LogP contribution in [0.1, 0.15) is 38.1 Å². The van der Waals surface area contributed by atoms with Crippen LogP contribution in [0.5, 0.6) is 0 Å². The molecule has 0 saturated heterocycles. The zero-order chi connectivity index (χ0) is 14.0. The van der Waals surface area contributed by atoms with Crippen LogP contribution in [-0.2, 0) is 4.65 Å². The third-order valence-corrected chi connectivity index (χ3v) is 3.27. The Kier molecular flexibility index (Phi) is 4.19. The number of rotatable bonds is 5. The molecule has 0 amide bonds. The van der Waals surface area contributed by atoms with E-state index in [0.29, 0.717) is 7.48 Å². The van der Waals surface area contributed by atoms with Crippen molar-refractivity contribution in [2.24, 2.45) is 0 Å². The Hall–Kier alpha value is -1.33. The van der Waals surface area contributed by atoms with Gasteiger partial charge in [0.25, 0.3) is 0 Å². The summed E-state index contributed by atoms with van der Waals surface area (Å²) in [6, 6.07) is 6.50. The van der Waals surface area contributed by atoms with Gasteiger partial charge < -0.3 is 14.9 Å². The summed E-state index contributed by atoms with van der Waals surface area (Å²) < 4.78 is 5.68. The Morgan fingerprint density at radius 1 is 1.17 bits per heavy atom. The van der Waals surface area contributed by atoms with Gasteiger partial charge in [-0.3, -0.25) is 0 Å². The summed E-state index contributed by atoms with van der Waals surface area (Å²) in [7, 11) is 0.330. The van der Waals surface area contributed by atoms with E-state index in [-0.39, 0.29) is 5.56 Å². The molecule has 2 N–H and O–H groups in total. The van der Waals surface area contributed by atoms with Crippen molar-refractivity contribution >= 4 is 18.9 Å². The molecule has 1 aromatic rings. The third kappa shape index (κ3) is 3.58. The minimum atomic E-state index is -0.950. The van der Waals surface area contributed by atoms with Crippen molar-refractivity contribution in [2.45, 2.75) is 38.9 Å². The maximum absolute atomic E-state index is 10.7. The van der Waals surface area contributed by atoms with E-state index in [4.69, 9.17) is 9.76 Å². The number of carbonyl (C=O) groups is 1. The lowest BCUT2D eigenvalue weighted by Crippen LogP contribution is -2.49. The van der Waals surface area contributed by atoms with Gasteiger partial charge in [-0.15, -0.1) is 0 Å². The SMILES string of the molecule is CC(C)(O)C(C)(C)OBc1ccc(C(=O)O)cc1. The second kappa shape index (κ2) is 5.12. The fourth-order valence-electron chi connectivity index (χ4n) is 1.18. The van der Waals surface area contributed by atoms with Gasteiger partial charge >= 0.3 is 13.5 Å². The fraction of sp³-hybridized carbons (Fsp3) is 0.462. The Bertz CT molecular complexity index is 418. The summed E-state index contributed by atoms with van der Waals surface area (Å²) in [5.41, 5.74) is -0.509. The second-order valence-corrected chi connectivity index (χ2v) is 5.36. The van der Waals surface area contributed by atoms with Gasteiger partial charge in [0.15, 0.2) is 0 Å². The average molecular weight is 250 g/mol. The number of aromatic carboxylic acids is 1. The van der Waals surface area contributed by atoms with Gasteiger partial charge in [-0.25, -0.2) is 4.79 Å². The highest BCUT2D eigenvalue weighted by atomic mass is 16.5. The molecule has 0 fully saturated rings. The highest BCUT2D eigenvalue weighted by Crippen LogP contribution is 2.24. The van der Waals surface area contributed by atoms with Crippen LogP contribution >= 0.6 is 0 Å². The zero-order valence-corrected chi connectivity index (χ0v) is 11.2. The minimum absolute atomic E-state index is 0.250. The van der Waals surface area contributed by atoms with Gasteiger partial charge in [0, 0.05) is 0 Å². The molecule has 0 bridgehead atoms. The van der Waals surface area contributed by atoms with E-state index in [1.165, 1.54) is 12.1 Å². The van der Waals surface area contributed by atoms with Crippen LogP contribution in [0.15, 0.2) is 24.3 Å². The number of aliphatic hydroxyl groups is 1. The largest absolute Gasteiger partial charge is 0.478 e. The molecule has 0 atom stereocenters. The maximum atomic E-state index is 10.7. The molecule has 0 aliphatic rings. The summed E-state index contributed by atoms with van der Waals surface area (Å²) in [5.74, 6) is -0.945. The molecule has 5 heteroatoms. The van der Waals surface area contributed by atoms with E-state index in [0.717, 1.165) is 5.46 Å². The second-order valence-electron chi connectivity index (χ2n) is 5.36. The van der Waals surface area contributed by atoms with Crippen molar-refractivity contribution in [3.63, 3.8) is 0 Å². The predicted octanol–water partition coefficient (Wildman–Crippen LogP) is 0.928. The van der Waals surface area contributed by atoms with Crippen LogP contribution in [0, 0.1) is 0 Å². The van der Waals surface area contributed by atoms with Gasteiger partial charge in [0.1, 0.15) is 0 Å². The van der Waals surface area contributed by atoms with Crippen molar-refractivity contribution in [2.75, 3.05) is 0 Å². The van der Waals surface area contributed by atoms with E-state index in [1.54, 1.807) is 26.0 Å². The first-order valence-corrected chi connectivity index (χ1v) is 5.82. The average Bonchev–Trinajstić information content (AvgIpc) is 2.25. The lowest BCUT2D eigenvalue weighted by molar-refractivity contribution is -0.0893. The lowest BCUT2D eigenvalue weighted by Gasteiger charge is -2.37. The third-order valence-electron chi connectivity index (χ3n) is 3.27. The highest BCUT2D eigenvalue weighted by molar-refractivity contribution is 6.47. The molecule has 1 aromatic carbocycles. The summed E-state index contributed by atoms with van der Waals surface area (Å²) >= 11 is 0. The van der Waals surface area contributed by atoms with Crippen molar-refractivity contribution in [1.82, 2.24) is 0 Å². The van der Waals surface area contributed by atoms with Crippen molar-refractivity contribution < 1.29 is 19.7 Å². The molecule has 18 heavy (non-hydrogen) atoms. The van der Waals surface area contributed by atoms with Gasteiger partial charge in [-0.1, -0.05) is 17.6 Å². The summed E-state index contributed by atoms with van der Waals surface area (Å²) in [4.78, 5) is 10.7. The lowest BCUT2D eigenvalue weighted by atomic mass is 9.82. The Balaban J connectivity index is 2.67. The standard InChI is InChI=1S/C13H19BO4/c1-12(2,17)13(3,4)18-14-10-7-5-9(6-8-10)11(15)16/h5-8,14,17H,1-4H3,(H,15,16). The number of carboxylic acid groups (broad SMARTS) is 1. The summed E-state index contributed by atoms with van der Waals surface area (Å²) in [6.45, 7) is 7.03. The Morgan fingerprint density at radius 3 is 2.06 bits per heavy atom. The first-order valence-electron chi connectivity index (χ1n) is 5.82. The normalized spacial score (nSPS) is 12.3. The molecule has 0 radical (unpaired) electrons. The molecule has 0 aliphatic heterocycles. The van der Waals surface area contributed by atoms with Crippen molar-refractivity contribution in [3.8, 4) is 0 Å². The van der Waals surface area contributed by atoms with Crippen LogP contribution in [0.3, 0.4) is 0 Å². The van der Waals surface area contributed by atoms with Gasteiger partial charge in [-0.2, -0.15) is 0 Å². The van der Waals surface area contributed by atoms with Gasteiger partial charge in [0.2, 0.25) is 0 Å². The number of hydrogen-bond acceptors (Lipinski definition) is 3. The van der Waals surface area contributed by atoms with Crippen LogP contribution < -0.4 is 5.46 Å². The Morgan fingerprint density at radius 2 is 1.67 bits per heavy atom. The predicted molar refractivity (Wildman–Crippen MR) is 71.6 cm³/mol. The molecule has 0 aliphatic carbocycles. The quantitative estimate of drug-likeness (QED) is 0.763. The van der Waals surface area contributed by atoms with E-state index < -0.39 is 17.2 Å². The molecule has 98 valence electrons. The molecule has 1 rings (SSSR count). The molecule has 0 unspecified atom stereocenters. The first-order chi connectivity index (χ1) is 8.13. The van der Waals surface area contributed by atoms with E-state index in [2.05, 4.69) is 0 Å². The van der Waals surface area contributed by atoms with E-state index >= 15 is 0 Å². The monoisotopic (exact) mass is 250 g/mol. The first kappa shape index (κ1) is 14.7. The van der Waals surface area contributed by atoms with Crippen LogP contribution in [-0.4, -0.2) is 34.9 Å². The van der Waals surface area contributed by atoms with Crippen LogP contribution in [0.25, 0.3) is 0 Å². The minimum Gasteiger partial charge on any atom is -0.478 e. The molecular formula is C13H19BO4. The number of carboxylic acids is 1.